The van der Waals surface area contributed by atoms with E-state index < -0.39 is 10.0 Å². The number of sulfonamides is 1. The third kappa shape index (κ3) is 4.55. The Morgan fingerprint density at radius 3 is 2.61 bits per heavy atom. The normalized spacial score (nSPS) is 20.6. The summed E-state index contributed by atoms with van der Waals surface area (Å²) < 4.78 is 40.2. The number of rotatable bonds is 6. The van der Waals surface area contributed by atoms with Gasteiger partial charge in [-0.3, -0.25) is 9.69 Å². The molecule has 1 aromatic heterocycles. The Kier molecular flexibility index (Phi) is 6.20. The van der Waals surface area contributed by atoms with Crippen molar-refractivity contribution in [2.75, 3.05) is 37.7 Å². The average molecular weight is 448 g/mol. The van der Waals surface area contributed by atoms with Crippen molar-refractivity contribution in [3.05, 3.63) is 47.4 Å². The van der Waals surface area contributed by atoms with Crippen LogP contribution in [0.4, 0.5) is 5.69 Å². The minimum atomic E-state index is -3.73. The number of nitrogens with one attached hydrogen (secondary N) is 1. The van der Waals surface area contributed by atoms with E-state index in [1.165, 1.54) is 6.92 Å². The fourth-order valence-electron chi connectivity index (χ4n) is 4.46. The largest absolute Gasteiger partial charge is 0.465 e. The quantitative estimate of drug-likeness (QED) is 0.730. The molecule has 4 rings (SSSR count). The highest BCUT2D eigenvalue weighted by atomic mass is 32.2. The van der Waals surface area contributed by atoms with Crippen molar-refractivity contribution in [2.24, 2.45) is 0 Å². The van der Waals surface area contributed by atoms with Gasteiger partial charge in [0.25, 0.3) is 0 Å². The summed E-state index contributed by atoms with van der Waals surface area (Å²) in [4.78, 5) is 16.0. The maximum absolute atomic E-state index is 13.1. The second-order valence-electron chi connectivity index (χ2n) is 8.20. The fourth-order valence-corrected chi connectivity index (χ4v) is 5.55. The van der Waals surface area contributed by atoms with Gasteiger partial charge < -0.3 is 14.1 Å². The smallest absolute Gasteiger partial charge is 0.240 e. The highest BCUT2D eigenvalue weighted by Crippen LogP contribution is 2.34. The molecule has 0 spiro atoms. The second kappa shape index (κ2) is 8.74. The predicted octanol–water partition coefficient (Wildman–Crippen LogP) is 2.24. The number of fused-ring (bicyclic) bond motifs is 1. The van der Waals surface area contributed by atoms with Crippen LogP contribution in [0.3, 0.4) is 0 Å². The first-order valence-corrected chi connectivity index (χ1v) is 12.0. The van der Waals surface area contributed by atoms with Crippen LogP contribution in [0.1, 0.15) is 37.0 Å². The molecule has 1 saturated heterocycles. The Morgan fingerprint density at radius 2 is 1.97 bits per heavy atom. The number of carbonyl (C=O) groups is 1. The number of amides is 1. The summed E-state index contributed by atoms with van der Waals surface area (Å²) in [6, 6.07) is 8.57. The number of carbonyl (C=O) groups excluding carboxylic acids is 1. The Morgan fingerprint density at radius 1 is 1.23 bits per heavy atom. The molecule has 0 aliphatic carbocycles. The summed E-state index contributed by atoms with van der Waals surface area (Å²) >= 11 is 0. The molecule has 31 heavy (non-hydrogen) atoms. The molecule has 1 fully saturated rings. The number of aryl methyl sites for hydroxylation is 1. The number of nitrogens with zero attached hydrogens (tertiary/aromatic N) is 2. The van der Waals surface area contributed by atoms with Crippen molar-refractivity contribution in [2.45, 2.75) is 44.2 Å². The minimum absolute atomic E-state index is 0.0197. The van der Waals surface area contributed by atoms with E-state index >= 15 is 0 Å². The first kappa shape index (κ1) is 22.0. The van der Waals surface area contributed by atoms with Crippen LogP contribution in [0.15, 0.2) is 39.6 Å². The standard InChI is InChI=1S/C22H29N3O5S/c1-15-12-18-13-19(5-6-20(18)25(15)17(3)26)31(27,28)23-14-21(22-7-4-16(2)30-22)24-8-10-29-11-9-24/h4-7,13,15,21,23H,8-12,14H2,1-3H3. The van der Waals surface area contributed by atoms with Crippen LogP contribution >= 0.6 is 0 Å². The van der Waals surface area contributed by atoms with Crippen LogP contribution in [0.5, 0.6) is 0 Å². The predicted molar refractivity (Wildman–Crippen MR) is 117 cm³/mol. The Hall–Kier alpha value is -2.20. The van der Waals surface area contributed by atoms with Crippen LogP contribution < -0.4 is 9.62 Å². The van der Waals surface area contributed by atoms with Crippen molar-refractivity contribution >= 4 is 21.6 Å². The SMILES string of the molecule is CC(=O)N1c2ccc(S(=O)(=O)NCC(c3ccc(C)o3)N3CCOCC3)cc2CC1C. The number of anilines is 1. The van der Waals surface area contributed by atoms with Crippen molar-refractivity contribution in [1.29, 1.82) is 0 Å². The van der Waals surface area contributed by atoms with Gasteiger partial charge in [-0.2, -0.15) is 0 Å². The number of benzene rings is 1. The van der Waals surface area contributed by atoms with Gasteiger partial charge in [-0.1, -0.05) is 0 Å². The molecule has 8 nitrogen and oxygen atoms in total. The van der Waals surface area contributed by atoms with Crippen LogP contribution in [0.2, 0.25) is 0 Å². The summed E-state index contributed by atoms with van der Waals surface area (Å²) in [6.07, 6.45) is 0.639. The highest BCUT2D eigenvalue weighted by Gasteiger charge is 2.31. The highest BCUT2D eigenvalue weighted by molar-refractivity contribution is 7.89. The van der Waals surface area contributed by atoms with Crippen molar-refractivity contribution < 1.29 is 22.4 Å². The molecule has 2 aliphatic rings. The van der Waals surface area contributed by atoms with Crippen LogP contribution in [-0.2, 0) is 26.0 Å². The van der Waals surface area contributed by atoms with Gasteiger partial charge in [0.1, 0.15) is 11.5 Å². The van der Waals surface area contributed by atoms with Gasteiger partial charge in [-0.15, -0.1) is 0 Å². The van der Waals surface area contributed by atoms with E-state index in [4.69, 9.17) is 9.15 Å². The van der Waals surface area contributed by atoms with E-state index in [1.54, 1.807) is 23.1 Å². The van der Waals surface area contributed by atoms with Gasteiger partial charge in [0, 0.05) is 38.3 Å². The summed E-state index contributed by atoms with van der Waals surface area (Å²) in [5.41, 5.74) is 1.66. The van der Waals surface area contributed by atoms with E-state index in [1.807, 2.05) is 26.0 Å². The topological polar surface area (TPSA) is 92.1 Å². The molecule has 1 N–H and O–H groups in total. The van der Waals surface area contributed by atoms with Gasteiger partial charge in [-0.25, -0.2) is 13.1 Å². The van der Waals surface area contributed by atoms with Crippen LogP contribution in [0, 0.1) is 6.92 Å². The van der Waals surface area contributed by atoms with Crippen molar-refractivity contribution in [1.82, 2.24) is 9.62 Å². The average Bonchev–Trinajstić information content (AvgIpc) is 3.30. The lowest BCUT2D eigenvalue weighted by atomic mass is 10.1. The summed E-state index contributed by atoms with van der Waals surface area (Å²) in [6.45, 7) is 8.21. The van der Waals surface area contributed by atoms with Crippen LogP contribution in [-0.4, -0.2) is 58.1 Å². The Bertz CT molecular complexity index is 1060. The molecule has 9 heteroatoms. The lowest BCUT2D eigenvalue weighted by Crippen LogP contribution is -2.43. The molecule has 0 bridgehead atoms. The molecule has 1 aromatic carbocycles. The number of hydrogen-bond donors (Lipinski definition) is 1. The molecule has 3 heterocycles. The molecule has 1 amide bonds. The first-order valence-electron chi connectivity index (χ1n) is 10.6. The molecular weight excluding hydrogens is 418 g/mol. The van der Waals surface area contributed by atoms with Gasteiger partial charge in [0.05, 0.1) is 24.2 Å². The third-order valence-corrected chi connectivity index (χ3v) is 7.38. The zero-order valence-corrected chi connectivity index (χ0v) is 18.9. The van der Waals surface area contributed by atoms with Gasteiger partial charge in [0.15, 0.2) is 0 Å². The third-order valence-electron chi connectivity index (χ3n) is 5.96. The lowest BCUT2D eigenvalue weighted by Gasteiger charge is -2.33. The maximum Gasteiger partial charge on any atom is 0.240 e. The Labute approximate surface area is 183 Å². The number of ether oxygens (including phenoxy) is 1. The van der Waals surface area contributed by atoms with E-state index in [9.17, 15) is 13.2 Å². The molecule has 168 valence electrons. The van der Waals surface area contributed by atoms with Crippen molar-refractivity contribution in [3.63, 3.8) is 0 Å². The Balaban J connectivity index is 1.54. The zero-order valence-electron chi connectivity index (χ0n) is 18.1. The number of furan rings is 1. The molecule has 2 atom stereocenters. The number of hydrogen-bond acceptors (Lipinski definition) is 6. The number of morpholine rings is 1. The summed E-state index contributed by atoms with van der Waals surface area (Å²) in [7, 11) is -3.73. The van der Waals surface area contributed by atoms with E-state index in [-0.39, 0.29) is 29.4 Å². The summed E-state index contributed by atoms with van der Waals surface area (Å²) in [5.74, 6) is 1.49. The summed E-state index contributed by atoms with van der Waals surface area (Å²) in [5, 5.41) is 0. The minimum Gasteiger partial charge on any atom is -0.465 e. The molecule has 0 radical (unpaired) electrons. The molecular formula is C22H29N3O5S. The van der Waals surface area contributed by atoms with Gasteiger partial charge >= 0.3 is 0 Å². The monoisotopic (exact) mass is 447 g/mol. The molecule has 0 saturated carbocycles. The van der Waals surface area contributed by atoms with Gasteiger partial charge in [0.2, 0.25) is 15.9 Å². The van der Waals surface area contributed by atoms with E-state index in [0.29, 0.717) is 32.7 Å². The first-order chi connectivity index (χ1) is 14.8. The molecule has 2 unspecified atom stereocenters. The van der Waals surface area contributed by atoms with E-state index in [2.05, 4.69) is 9.62 Å². The lowest BCUT2D eigenvalue weighted by molar-refractivity contribution is -0.116. The molecule has 2 aliphatic heterocycles. The van der Waals surface area contributed by atoms with Crippen LogP contribution in [0.25, 0.3) is 0 Å². The van der Waals surface area contributed by atoms with Gasteiger partial charge in [-0.05, 0) is 56.2 Å². The fraction of sp³-hybridized carbons (Fsp3) is 0.500. The van der Waals surface area contributed by atoms with E-state index in [0.717, 1.165) is 22.8 Å². The van der Waals surface area contributed by atoms with Crippen molar-refractivity contribution in [3.8, 4) is 0 Å². The molecule has 2 aromatic rings. The second-order valence-corrected chi connectivity index (χ2v) is 9.96. The maximum atomic E-state index is 13.1. The zero-order chi connectivity index (χ0) is 22.2.